The Morgan fingerprint density at radius 3 is 1.90 bits per heavy atom. The molecule has 0 radical (unpaired) electrons. The van der Waals surface area contributed by atoms with Crippen LogP contribution >= 0.6 is 0 Å². The van der Waals surface area contributed by atoms with Crippen LogP contribution in [0.2, 0.25) is 0 Å². The van der Waals surface area contributed by atoms with Crippen molar-refractivity contribution in [2.45, 2.75) is 38.8 Å². The summed E-state index contributed by atoms with van der Waals surface area (Å²) in [7, 11) is 0. The molecular weight excluding hydrogens is 256 g/mol. The molecule has 0 fully saturated rings. The lowest BCUT2D eigenvalue weighted by molar-refractivity contribution is 0.473. The summed E-state index contributed by atoms with van der Waals surface area (Å²) in [6.45, 7) is 7.20. The number of rotatable bonds is 6. The van der Waals surface area contributed by atoms with E-state index < -0.39 is 0 Å². The van der Waals surface area contributed by atoms with Gasteiger partial charge in [0.25, 0.3) is 0 Å². The summed E-state index contributed by atoms with van der Waals surface area (Å²) < 4.78 is 0. The van der Waals surface area contributed by atoms with E-state index in [-0.39, 0.29) is 12.1 Å². The van der Waals surface area contributed by atoms with E-state index in [0.717, 1.165) is 0 Å². The van der Waals surface area contributed by atoms with E-state index in [1.165, 1.54) is 16.7 Å². The predicted octanol–water partition coefficient (Wildman–Crippen LogP) is 4.16. The van der Waals surface area contributed by atoms with Crippen LogP contribution in [0.25, 0.3) is 0 Å². The molecule has 3 N–H and O–H groups in total. The molecule has 0 spiro atoms. The van der Waals surface area contributed by atoms with Crippen molar-refractivity contribution < 1.29 is 0 Å². The van der Waals surface area contributed by atoms with Gasteiger partial charge in [0.2, 0.25) is 0 Å². The van der Waals surface area contributed by atoms with Crippen LogP contribution in [0, 0.1) is 0 Å². The van der Waals surface area contributed by atoms with E-state index in [1.807, 2.05) is 6.07 Å². The van der Waals surface area contributed by atoms with Crippen LogP contribution in [-0.4, -0.2) is 6.54 Å². The highest BCUT2D eigenvalue weighted by atomic mass is 15.0. The monoisotopic (exact) mass is 282 g/mol. The quantitative estimate of drug-likeness (QED) is 0.835. The third-order valence-electron chi connectivity index (χ3n) is 3.99. The Bertz CT molecular complexity index is 531. The van der Waals surface area contributed by atoms with E-state index in [9.17, 15) is 0 Å². The van der Waals surface area contributed by atoms with Gasteiger partial charge in [-0.3, -0.25) is 0 Å². The summed E-state index contributed by atoms with van der Waals surface area (Å²) in [5, 5.41) is 3.62. The molecule has 0 aliphatic carbocycles. The summed E-state index contributed by atoms with van der Waals surface area (Å²) >= 11 is 0. The van der Waals surface area contributed by atoms with Crippen molar-refractivity contribution in [3.63, 3.8) is 0 Å². The fourth-order valence-corrected chi connectivity index (χ4v) is 2.55. The molecular formula is C19H26N2. The maximum absolute atomic E-state index is 5.97. The highest BCUT2D eigenvalue weighted by molar-refractivity contribution is 5.28. The molecule has 0 aliphatic rings. The first-order valence-electron chi connectivity index (χ1n) is 7.72. The molecule has 2 atom stereocenters. The number of benzene rings is 2. The lowest BCUT2D eigenvalue weighted by atomic mass is 9.98. The van der Waals surface area contributed by atoms with Crippen LogP contribution in [0.5, 0.6) is 0 Å². The van der Waals surface area contributed by atoms with Gasteiger partial charge in [-0.15, -0.1) is 0 Å². The minimum absolute atomic E-state index is 0.182. The summed E-state index contributed by atoms with van der Waals surface area (Å²) in [5.74, 6) is 0.562. The van der Waals surface area contributed by atoms with E-state index in [2.05, 4.69) is 74.6 Å². The highest BCUT2D eigenvalue weighted by Gasteiger charge is 2.14. The Morgan fingerprint density at radius 1 is 0.810 bits per heavy atom. The van der Waals surface area contributed by atoms with Gasteiger partial charge in [0.15, 0.2) is 0 Å². The van der Waals surface area contributed by atoms with Crippen molar-refractivity contribution in [1.82, 2.24) is 5.32 Å². The Kier molecular flexibility index (Phi) is 5.54. The van der Waals surface area contributed by atoms with Gasteiger partial charge >= 0.3 is 0 Å². The molecule has 2 rings (SSSR count). The van der Waals surface area contributed by atoms with E-state index in [4.69, 9.17) is 5.73 Å². The second-order valence-corrected chi connectivity index (χ2v) is 5.91. The Balaban J connectivity index is 2.09. The van der Waals surface area contributed by atoms with Crippen LogP contribution in [0.4, 0.5) is 0 Å². The third-order valence-corrected chi connectivity index (χ3v) is 3.99. The summed E-state index contributed by atoms with van der Waals surface area (Å²) in [6, 6.07) is 19.7. The normalized spacial score (nSPS) is 14.1. The molecule has 2 unspecified atom stereocenters. The predicted molar refractivity (Wildman–Crippen MR) is 90.3 cm³/mol. The zero-order chi connectivity index (χ0) is 15.2. The zero-order valence-corrected chi connectivity index (χ0v) is 13.2. The standard InChI is InChI=1S/C19H26N2/c1-14(2)16-9-11-18(12-10-16)19(13-20)21-15(3)17-7-5-4-6-8-17/h4-12,14-15,19,21H,13,20H2,1-3H3. The molecule has 2 heteroatoms. The zero-order valence-electron chi connectivity index (χ0n) is 13.2. The molecule has 21 heavy (non-hydrogen) atoms. The molecule has 0 saturated carbocycles. The first kappa shape index (κ1) is 15.7. The van der Waals surface area contributed by atoms with Gasteiger partial charge in [0.1, 0.15) is 0 Å². The molecule has 0 aromatic heterocycles. The van der Waals surface area contributed by atoms with Crippen LogP contribution < -0.4 is 11.1 Å². The van der Waals surface area contributed by atoms with Gasteiger partial charge in [-0.2, -0.15) is 0 Å². The van der Waals surface area contributed by atoms with Crippen LogP contribution in [0.1, 0.15) is 55.5 Å². The van der Waals surface area contributed by atoms with E-state index in [0.29, 0.717) is 12.5 Å². The maximum Gasteiger partial charge on any atom is 0.0449 e. The largest absolute Gasteiger partial charge is 0.329 e. The number of nitrogens with one attached hydrogen (secondary N) is 1. The molecule has 2 nitrogen and oxygen atoms in total. The van der Waals surface area contributed by atoms with Crippen molar-refractivity contribution in [1.29, 1.82) is 0 Å². The second kappa shape index (κ2) is 7.39. The molecule has 0 heterocycles. The van der Waals surface area contributed by atoms with Gasteiger partial charge in [-0.1, -0.05) is 68.4 Å². The van der Waals surface area contributed by atoms with Gasteiger partial charge in [-0.25, -0.2) is 0 Å². The average molecular weight is 282 g/mol. The molecule has 2 aromatic rings. The SMILES string of the molecule is CC(C)c1ccc(C(CN)NC(C)c2ccccc2)cc1. The molecule has 2 aromatic carbocycles. The molecule has 0 amide bonds. The van der Waals surface area contributed by atoms with E-state index in [1.54, 1.807) is 0 Å². The number of hydrogen-bond acceptors (Lipinski definition) is 2. The Morgan fingerprint density at radius 2 is 1.38 bits per heavy atom. The smallest absolute Gasteiger partial charge is 0.0449 e. The summed E-state index contributed by atoms with van der Waals surface area (Å²) in [5.41, 5.74) is 9.87. The van der Waals surface area contributed by atoms with Crippen LogP contribution in [0.3, 0.4) is 0 Å². The van der Waals surface area contributed by atoms with Gasteiger partial charge in [0, 0.05) is 18.6 Å². The average Bonchev–Trinajstić information content (AvgIpc) is 2.53. The fraction of sp³-hybridized carbons (Fsp3) is 0.368. The Labute approximate surface area is 128 Å². The molecule has 0 saturated heterocycles. The molecule has 0 aliphatic heterocycles. The molecule has 112 valence electrons. The van der Waals surface area contributed by atoms with Crippen LogP contribution in [-0.2, 0) is 0 Å². The Hall–Kier alpha value is -1.64. The molecule has 0 bridgehead atoms. The van der Waals surface area contributed by atoms with Crippen molar-refractivity contribution in [3.05, 3.63) is 71.3 Å². The number of hydrogen-bond donors (Lipinski definition) is 2. The van der Waals surface area contributed by atoms with Crippen LogP contribution in [0.15, 0.2) is 54.6 Å². The van der Waals surface area contributed by atoms with Crippen molar-refractivity contribution in [2.24, 2.45) is 5.73 Å². The topological polar surface area (TPSA) is 38.0 Å². The maximum atomic E-state index is 5.97. The minimum atomic E-state index is 0.182. The first-order chi connectivity index (χ1) is 10.1. The first-order valence-corrected chi connectivity index (χ1v) is 7.72. The van der Waals surface area contributed by atoms with Crippen molar-refractivity contribution >= 4 is 0 Å². The van der Waals surface area contributed by atoms with Gasteiger partial charge in [0.05, 0.1) is 0 Å². The second-order valence-electron chi connectivity index (χ2n) is 5.91. The van der Waals surface area contributed by atoms with Gasteiger partial charge in [-0.05, 0) is 29.5 Å². The fourth-order valence-electron chi connectivity index (χ4n) is 2.55. The lowest BCUT2D eigenvalue weighted by Gasteiger charge is -2.23. The third kappa shape index (κ3) is 4.16. The number of nitrogens with two attached hydrogens (primary N) is 1. The van der Waals surface area contributed by atoms with Gasteiger partial charge < -0.3 is 11.1 Å². The van der Waals surface area contributed by atoms with Crippen molar-refractivity contribution in [2.75, 3.05) is 6.54 Å². The highest BCUT2D eigenvalue weighted by Crippen LogP contribution is 2.21. The van der Waals surface area contributed by atoms with Crippen molar-refractivity contribution in [3.8, 4) is 0 Å². The minimum Gasteiger partial charge on any atom is -0.329 e. The summed E-state index contributed by atoms with van der Waals surface area (Å²) in [6.07, 6.45) is 0. The lowest BCUT2D eigenvalue weighted by Crippen LogP contribution is -2.30. The summed E-state index contributed by atoms with van der Waals surface area (Å²) in [4.78, 5) is 0. The van der Waals surface area contributed by atoms with E-state index >= 15 is 0 Å².